The van der Waals surface area contributed by atoms with Crippen LogP contribution in [0.5, 0.6) is 0 Å². The molecular formula is C6H5N3O2. The van der Waals surface area contributed by atoms with Gasteiger partial charge in [0.15, 0.2) is 0 Å². The molecule has 0 spiro atoms. The van der Waals surface area contributed by atoms with Gasteiger partial charge < -0.3 is 14.4 Å². The maximum atomic E-state index is 4.60. The van der Waals surface area contributed by atoms with E-state index in [9.17, 15) is 0 Å². The minimum Gasteiger partial charge on any atom is -0.363 e. The van der Waals surface area contributed by atoms with E-state index >= 15 is 0 Å². The van der Waals surface area contributed by atoms with E-state index < -0.39 is 0 Å². The van der Waals surface area contributed by atoms with Crippen LogP contribution in [0.15, 0.2) is 34.0 Å². The Morgan fingerprint density at radius 3 is 1.91 bits per heavy atom. The van der Waals surface area contributed by atoms with Crippen LogP contribution in [0.2, 0.25) is 0 Å². The van der Waals surface area contributed by atoms with Crippen molar-refractivity contribution in [2.45, 2.75) is 0 Å². The van der Waals surface area contributed by atoms with Crippen LogP contribution in [0.4, 0.5) is 11.4 Å². The Balaban J connectivity index is 2.14. The zero-order chi connectivity index (χ0) is 7.52. The van der Waals surface area contributed by atoms with Gasteiger partial charge >= 0.3 is 0 Å². The van der Waals surface area contributed by atoms with Crippen molar-refractivity contribution in [1.82, 2.24) is 10.3 Å². The third kappa shape index (κ3) is 1.21. The summed E-state index contributed by atoms with van der Waals surface area (Å²) < 4.78 is 9.20. The van der Waals surface area contributed by atoms with E-state index in [1.54, 1.807) is 12.4 Å². The van der Waals surface area contributed by atoms with Gasteiger partial charge in [-0.2, -0.15) is 0 Å². The molecule has 0 aliphatic carbocycles. The summed E-state index contributed by atoms with van der Waals surface area (Å²) in [6.07, 6.45) is 6.11. The van der Waals surface area contributed by atoms with Gasteiger partial charge in [0.1, 0.15) is 12.5 Å². The molecule has 0 aromatic carbocycles. The Kier molecular flexibility index (Phi) is 1.33. The number of nitrogens with zero attached hydrogens (tertiary/aromatic N) is 2. The van der Waals surface area contributed by atoms with E-state index in [0.717, 1.165) is 11.4 Å². The van der Waals surface area contributed by atoms with Gasteiger partial charge in [0.05, 0.1) is 23.8 Å². The average Bonchev–Trinajstić information content (AvgIpc) is 2.60. The highest BCUT2D eigenvalue weighted by atomic mass is 16.5. The van der Waals surface area contributed by atoms with E-state index in [1.807, 2.05) is 0 Å². The highest BCUT2D eigenvalue weighted by Gasteiger charge is 1.96. The van der Waals surface area contributed by atoms with Crippen molar-refractivity contribution in [3.63, 3.8) is 0 Å². The highest BCUT2D eigenvalue weighted by molar-refractivity contribution is 5.54. The second-order valence-electron chi connectivity index (χ2n) is 1.95. The van der Waals surface area contributed by atoms with E-state index in [1.165, 1.54) is 12.5 Å². The standard InChI is InChI=1S/C6H5N3O2/c1-5(3-10-7-1)9-6-2-8-11-4-6/h1-4,9H. The molecule has 0 saturated heterocycles. The first-order valence-electron chi connectivity index (χ1n) is 3.01. The molecule has 0 saturated carbocycles. The molecule has 2 rings (SSSR count). The van der Waals surface area contributed by atoms with E-state index in [2.05, 4.69) is 24.7 Å². The normalized spacial score (nSPS) is 9.82. The van der Waals surface area contributed by atoms with Crippen LogP contribution in [0.3, 0.4) is 0 Å². The summed E-state index contributed by atoms with van der Waals surface area (Å²) in [6.45, 7) is 0. The number of rotatable bonds is 2. The number of aromatic nitrogens is 2. The van der Waals surface area contributed by atoms with Crippen LogP contribution in [-0.4, -0.2) is 10.3 Å². The predicted octanol–water partition coefficient (Wildman–Crippen LogP) is 1.41. The van der Waals surface area contributed by atoms with Gasteiger partial charge in [-0.3, -0.25) is 0 Å². The minimum atomic E-state index is 0.771. The molecule has 0 unspecified atom stereocenters. The smallest absolute Gasteiger partial charge is 0.147 e. The monoisotopic (exact) mass is 151 g/mol. The molecular weight excluding hydrogens is 146 g/mol. The average molecular weight is 151 g/mol. The number of hydrogen-bond acceptors (Lipinski definition) is 5. The fourth-order valence-corrected chi connectivity index (χ4v) is 0.700. The van der Waals surface area contributed by atoms with E-state index in [4.69, 9.17) is 0 Å². The summed E-state index contributed by atoms with van der Waals surface area (Å²) in [6, 6.07) is 0. The first kappa shape index (κ1) is 5.96. The Hall–Kier alpha value is -1.78. The lowest BCUT2D eigenvalue weighted by molar-refractivity contribution is 0.420. The van der Waals surface area contributed by atoms with Crippen molar-refractivity contribution in [2.24, 2.45) is 0 Å². The second-order valence-corrected chi connectivity index (χ2v) is 1.95. The molecule has 0 aliphatic heterocycles. The lowest BCUT2D eigenvalue weighted by Crippen LogP contribution is -1.83. The molecule has 2 aromatic rings. The van der Waals surface area contributed by atoms with Gasteiger partial charge in [-0.1, -0.05) is 10.3 Å². The molecule has 0 atom stereocenters. The summed E-state index contributed by atoms with van der Waals surface area (Å²) in [5, 5.41) is 9.98. The summed E-state index contributed by atoms with van der Waals surface area (Å²) in [7, 11) is 0. The molecule has 2 aromatic heterocycles. The molecule has 0 bridgehead atoms. The summed E-state index contributed by atoms with van der Waals surface area (Å²) >= 11 is 0. The third-order valence-electron chi connectivity index (χ3n) is 1.15. The van der Waals surface area contributed by atoms with Crippen LogP contribution in [0.1, 0.15) is 0 Å². The Morgan fingerprint density at radius 1 is 1.00 bits per heavy atom. The predicted molar refractivity (Wildman–Crippen MR) is 36.3 cm³/mol. The molecule has 5 nitrogen and oxygen atoms in total. The quantitative estimate of drug-likeness (QED) is 0.702. The van der Waals surface area contributed by atoms with Crippen LogP contribution in [0.25, 0.3) is 0 Å². The molecule has 0 fully saturated rings. The van der Waals surface area contributed by atoms with Crippen LogP contribution >= 0.6 is 0 Å². The third-order valence-corrected chi connectivity index (χ3v) is 1.15. The maximum absolute atomic E-state index is 4.60. The molecule has 56 valence electrons. The Morgan fingerprint density at radius 2 is 1.55 bits per heavy atom. The van der Waals surface area contributed by atoms with Crippen molar-refractivity contribution < 1.29 is 9.05 Å². The molecule has 5 heteroatoms. The SMILES string of the molecule is c1nocc1Nc1cnoc1. The zero-order valence-electron chi connectivity index (χ0n) is 5.52. The van der Waals surface area contributed by atoms with E-state index in [0.29, 0.717) is 0 Å². The minimum absolute atomic E-state index is 0.771. The largest absolute Gasteiger partial charge is 0.363 e. The van der Waals surface area contributed by atoms with Crippen LogP contribution in [-0.2, 0) is 0 Å². The van der Waals surface area contributed by atoms with Gasteiger partial charge in [-0.25, -0.2) is 0 Å². The van der Waals surface area contributed by atoms with Crippen LogP contribution < -0.4 is 5.32 Å². The van der Waals surface area contributed by atoms with Gasteiger partial charge in [-0.05, 0) is 0 Å². The first-order chi connectivity index (χ1) is 5.45. The van der Waals surface area contributed by atoms with Gasteiger partial charge in [0.25, 0.3) is 0 Å². The van der Waals surface area contributed by atoms with Crippen molar-refractivity contribution in [3.8, 4) is 0 Å². The second kappa shape index (κ2) is 2.45. The fourth-order valence-electron chi connectivity index (χ4n) is 0.700. The van der Waals surface area contributed by atoms with Crippen molar-refractivity contribution >= 4 is 11.4 Å². The maximum Gasteiger partial charge on any atom is 0.147 e. The Labute approximate surface area is 62.0 Å². The van der Waals surface area contributed by atoms with E-state index in [-0.39, 0.29) is 0 Å². The van der Waals surface area contributed by atoms with Crippen molar-refractivity contribution in [2.75, 3.05) is 5.32 Å². The first-order valence-corrected chi connectivity index (χ1v) is 3.01. The lowest BCUT2D eigenvalue weighted by Gasteiger charge is -1.92. The number of hydrogen-bond donors (Lipinski definition) is 1. The van der Waals surface area contributed by atoms with Gasteiger partial charge in [0, 0.05) is 0 Å². The summed E-state index contributed by atoms with van der Waals surface area (Å²) in [5.74, 6) is 0. The molecule has 11 heavy (non-hydrogen) atoms. The number of nitrogens with one attached hydrogen (secondary N) is 1. The molecule has 1 N–H and O–H groups in total. The lowest BCUT2D eigenvalue weighted by atomic mass is 10.5. The summed E-state index contributed by atoms with van der Waals surface area (Å²) in [5.41, 5.74) is 1.54. The van der Waals surface area contributed by atoms with Crippen LogP contribution in [0, 0.1) is 0 Å². The highest BCUT2D eigenvalue weighted by Crippen LogP contribution is 2.13. The molecule has 0 amide bonds. The van der Waals surface area contributed by atoms with Gasteiger partial charge in [-0.15, -0.1) is 0 Å². The Bertz CT molecular complexity index is 268. The van der Waals surface area contributed by atoms with Crippen molar-refractivity contribution in [3.05, 3.63) is 24.9 Å². The topological polar surface area (TPSA) is 64.1 Å². The van der Waals surface area contributed by atoms with Crippen molar-refractivity contribution in [1.29, 1.82) is 0 Å². The fraction of sp³-hybridized carbons (Fsp3) is 0. The van der Waals surface area contributed by atoms with Gasteiger partial charge in [0.2, 0.25) is 0 Å². The molecule has 0 aliphatic rings. The number of anilines is 2. The molecule has 2 heterocycles. The summed E-state index contributed by atoms with van der Waals surface area (Å²) in [4.78, 5) is 0. The zero-order valence-corrected chi connectivity index (χ0v) is 5.52. The molecule has 0 radical (unpaired) electrons.